The van der Waals surface area contributed by atoms with Crippen molar-refractivity contribution < 1.29 is 0 Å². The quantitative estimate of drug-likeness (QED) is 0.518. The summed E-state index contributed by atoms with van der Waals surface area (Å²) >= 11 is 0. The predicted octanol–water partition coefficient (Wildman–Crippen LogP) is 1.20. The van der Waals surface area contributed by atoms with Crippen LogP contribution in [0.1, 0.15) is 6.92 Å². The van der Waals surface area contributed by atoms with Crippen LogP contribution in [0.15, 0.2) is 24.8 Å². The summed E-state index contributed by atoms with van der Waals surface area (Å²) in [6.45, 7) is 3.17. The van der Waals surface area contributed by atoms with Crippen LogP contribution in [-0.4, -0.2) is 23.4 Å². The van der Waals surface area contributed by atoms with Crippen molar-refractivity contribution in [2.24, 2.45) is 0 Å². The van der Waals surface area contributed by atoms with Crippen LogP contribution in [0, 0.1) is 0 Å². The molecule has 2 heteroatoms. The van der Waals surface area contributed by atoms with Gasteiger partial charge in [-0.25, -0.2) is 0 Å². The SMILES string of the molecule is CCN1C=CN(C)C=C1. The lowest BCUT2D eigenvalue weighted by molar-refractivity contribution is 0.473. The van der Waals surface area contributed by atoms with Gasteiger partial charge in [-0.15, -0.1) is 0 Å². The molecule has 0 N–H and O–H groups in total. The summed E-state index contributed by atoms with van der Waals surface area (Å²) < 4.78 is 0. The minimum Gasteiger partial charge on any atom is -0.354 e. The molecule has 0 saturated carbocycles. The molecule has 0 aromatic rings. The molecule has 0 aliphatic carbocycles. The lowest BCUT2D eigenvalue weighted by Crippen LogP contribution is -2.16. The molecule has 0 atom stereocenters. The molecule has 0 saturated heterocycles. The lowest BCUT2D eigenvalue weighted by Gasteiger charge is -2.19. The van der Waals surface area contributed by atoms with Gasteiger partial charge in [-0.1, -0.05) is 0 Å². The zero-order valence-electron chi connectivity index (χ0n) is 5.91. The Labute approximate surface area is 56.1 Å². The van der Waals surface area contributed by atoms with E-state index in [1.54, 1.807) is 0 Å². The van der Waals surface area contributed by atoms with E-state index in [1.165, 1.54) is 0 Å². The molecule has 50 valence electrons. The Morgan fingerprint density at radius 2 is 1.67 bits per heavy atom. The number of rotatable bonds is 1. The maximum atomic E-state index is 2.12. The van der Waals surface area contributed by atoms with Gasteiger partial charge in [0, 0.05) is 38.4 Å². The van der Waals surface area contributed by atoms with Crippen molar-refractivity contribution in [3.05, 3.63) is 24.8 Å². The van der Waals surface area contributed by atoms with E-state index in [9.17, 15) is 0 Å². The van der Waals surface area contributed by atoms with Gasteiger partial charge in [0.15, 0.2) is 0 Å². The molecule has 1 rings (SSSR count). The summed E-state index contributed by atoms with van der Waals surface area (Å²) in [5, 5.41) is 0. The molecule has 1 heterocycles. The molecule has 9 heavy (non-hydrogen) atoms. The molecule has 0 unspecified atom stereocenters. The predicted molar refractivity (Wildman–Crippen MR) is 38.4 cm³/mol. The second-order valence-corrected chi connectivity index (χ2v) is 2.09. The van der Waals surface area contributed by atoms with Gasteiger partial charge in [-0.05, 0) is 6.92 Å². The Hall–Kier alpha value is -0.920. The third-order valence-electron chi connectivity index (χ3n) is 1.35. The smallest absolute Gasteiger partial charge is 0.0197 e. The minimum atomic E-state index is 1.04. The lowest BCUT2D eigenvalue weighted by atomic mass is 10.5. The highest BCUT2D eigenvalue weighted by molar-refractivity contribution is 4.98. The maximum absolute atomic E-state index is 2.12. The third-order valence-corrected chi connectivity index (χ3v) is 1.35. The summed E-state index contributed by atoms with van der Waals surface area (Å²) in [6, 6.07) is 0. The first kappa shape index (κ1) is 6.20. The Morgan fingerprint density at radius 1 is 1.11 bits per heavy atom. The van der Waals surface area contributed by atoms with Crippen LogP contribution in [0.4, 0.5) is 0 Å². The summed E-state index contributed by atoms with van der Waals surface area (Å²) in [5.74, 6) is 0. The van der Waals surface area contributed by atoms with E-state index < -0.39 is 0 Å². The van der Waals surface area contributed by atoms with Crippen molar-refractivity contribution in [3.63, 3.8) is 0 Å². The van der Waals surface area contributed by atoms with E-state index in [2.05, 4.69) is 24.2 Å². The molecule has 1 aliphatic rings. The fourth-order valence-corrected chi connectivity index (χ4v) is 0.692. The molecule has 0 aromatic heterocycles. The first-order valence-electron chi connectivity index (χ1n) is 3.17. The van der Waals surface area contributed by atoms with Gasteiger partial charge in [-0.2, -0.15) is 0 Å². The van der Waals surface area contributed by atoms with Crippen molar-refractivity contribution >= 4 is 0 Å². The van der Waals surface area contributed by atoms with Gasteiger partial charge >= 0.3 is 0 Å². The van der Waals surface area contributed by atoms with Gasteiger partial charge in [-0.3, -0.25) is 0 Å². The van der Waals surface area contributed by atoms with Crippen LogP contribution in [-0.2, 0) is 0 Å². The van der Waals surface area contributed by atoms with E-state index in [-0.39, 0.29) is 0 Å². The molecular formula is C7H12N2. The molecule has 0 bridgehead atoms. The summed E-state index contributed by atoms with van der Waals surface area (Å²) in [7, 11) is 2.01. The summed E-state index contributed by atoms with van der Waals surface area (Å²) in [6.07, 6.45) is 8.17. The molecule has 1 aliphatic heterocycles. The fourth-order valence-electron chi connectivity index (χ4n) is 0.692. The van der Waals surface area contributed by atoms with Crippen molar-refractivity contribution in [3.8, 4) is 0 Å². The van der Waals surface area contributed by atoms with Crippen LogP contribution < -0.4 is 0 Å². The third kappa shape index (κ3) is 1.49. The van der Waals surface area contributed by atoms with Crippen LogP contribution in [0.25, 0.3) is 0 Å². The van der Waals surface area contributed by atoms with Gasteiger partial charge in [0.2, 0.25) is 0 Å². The first-order valence-corrected chi connectivity index (χ1v) is 3.17. The van der Waals surface area contributed by atoms with E-state index in [4.69, 9.17) is 0 Å². The van der Waals surface area contributed by atoms with Gasteiger partial charge in [0.05, 0.1) is 0 Å². The van der Waals surface area contributed by atoms with Gasteiger partial charge < -0.3 is 9.80 Å². The molecule has 0 fully saturated rings. The highest BCUT2D eigenvalue weighted by Gasteiger charge is 1.94. The summed E-state index contributed by atoms with van der Waals surface area (Å²) in [4.78, 5) is 4.14. The van der Waals surface area contributed by atoms with Crippen LogP contribution in [0.2, 0.25) is 0 Å². The monoisotopic (exact) mass is 124 g/mol. The molecular weight excluding hydrogens is 112 g/mol. The van der Waals surface area contributed by atoms with Crippen LogP contribution >= 0.6 is 0 Å². The average molecular weight is 124 g/mol. The summed E-state index contributed by atoms with van der Waals surface area (Å²) in [5.41, 5.74) is 0. The van der Waals surface area contributed by atoms with Crippen molar-refractivity contribution in [2.45, 2.75) is 6.92 Å². The largest absolute Gasteiger partial charge is 0.354 e. The Balaban J connectivity index is 2.48. The Bertz CT molecular complexity index is 124. The zero-order chi connectivity index (χ0) is 6.69. The highest BCUT2D eigenvalue weighted by Crippen LogP contribution is 2.00. The maximum Gasteiger partial charge on any atom is 0.0197 e. The standard InChI is InChI=1S/C7H12N2/c1-3-9-6-4-8(2)5-7-9/h4-7H,3H2,1-2H3. The highest BCUT2D eigenvalue weighted by atomic mass is 15.2. The van der Waals surface area contributed by atoms with Gasteiger partial charge in [0.25, 0.3) is 0 Å². The molecule has 0 amide bonds. The van der Waals surface area contributed by atoms with E-state index in [0.29, 0.717) is 0 Å². The van der Waals surface area contributed by atoms with Gasteiger partial charge in [0.1, 0.15) is 0 Å². The van der Waals surface area contributed by atoms with Crippen molar-refractivity contribution in [1.29, 1.82) is 0 Å². The number of hydrogen-bond donors (Lipinski definition) is 0. The van der Waals surface area contributed by atoms with Crippen LogP contribution in [0.5, 0.6) is 0 Å². The topological polar surface area (TPSA) is 6.48 Å². The van der Waals surface area contributed by atoms with E-state index in [1.807, 2.05) is 24.3 Å². The molecule has 2 nitrogen and oxygen atoms in total. The van der Waals surface area contributed by atoms with Crippen molar-refractivity contribution in [2.75, 3.05) is 13.6 Å². The second kappa shape index (κ2) is 2.58. The average Bonchev–Trinajstić information content (AvgIpc) is 1.90. The molecule has 0 spiro atoms. The Kier molecular flexibility index (Phi) is 1.78. The Morgan fingerprint density at radius 3 is 2.11 bits per heavy atom. The fraction of sp³-hybridized carbons (Fsp3) is 0.429. The van der Waals surface area contributed by atoms with E-state index >= 15 is 0 Å². The molecule has 0 radical (unpaired) electrons. The second-order valence-electron chi connectivity index (χ2n) is 2.09. The normalized spacial score (nSPS) is 17.1. The first-order chi connectivity index (χ1) is 4.33. The number of nitrogens with zero attached hydrogens (tertiary/aromatic N) is 2. The molecule has 0 aromatic carbocycles. The van der Waals surface area contributed by atoms with Crippen LogP contribution in [0.3, 0.4) is 0 Å². The zero-order valence-corrected chi connectivity index (χ0v) is 5.91. The van der Waals surface area contributed by atoms with Crippen molar-refractivity contribution in [1.82, 2.24) is 9.80 Å². The number of hydrogen-bond acceptors (Lipinski definition) is 2. The minimum absolute atomic E-state index is 1.04. The van der Waals surface area contributed by atoms with E-state index in [0.717, 1.165) is 6.54 Å².